The Morgan fingerprint density at radius 2 is 2.12 bits per heavy atom. The van der Waals surface area contributed by atoms with Gasteiger partial charge in [0.2, 0.25) is 0 Å². The molecule has 0 fully saturated rings. The summed E-state index contributed by atoms with van der Waals surface area (Å²) in [5.41, 5.74) is 7.33. The number of amides is 1. The molecule has 8 heteroatoms. The number of nitrogens with two attached hydrogens (primary N) is 1. The number of phenols is 1. The number of aromatic hydroxyl groups is 1. The summed E-state index contributed by atoms with van der Waals surface area (Å²) in [6.45, 7) is 0.533. The number of fused-ring (bicyclic) bond motifs is 1. The molecule has 0 aliphatic heterocycles. The first-order valence-electron chi connectivity index (χ1n) is 7.31. The second-order valence-electron chi connectivity index (χ2n) is 5.29. The number of benzene rings is 1. The second kappa shape index (κ2) is 8.35. The molecule has 0 spiro atoms. The Kier molecular flexibility index (Phi) is 6.44. The number of anilines is 1. The van der Waals surface area contributed by atoms with Gasteiger partial charge < -0.3 is 25.3 Å². The van der Waals surface area contributed by atoms with Crippen molar-refractivity contribution in [3.05, 3.63) is 53.4 Å². The Bertz CT molecular complexity index is 895. The van der Waals surface area contributed by atoms with E-state index in [0.29, 0.717) is 29.2 Å². The largest absolute Gasteiger partial charge is 0.508 e. The molecule has 1 aromatic carbocycles. The Hall–Kier alpha value is -2.06. The number of hydrogen-bond donors (Lipinski definition) is 3. The molecule has 2 aromatic heterocycles. The van der Waals surface area contributed by atoms with E-state index in [9.17, 15) is 9.90 Å². The van der Waals surface area contributed by atoms with Crippen molar-refractivity contribution < 1.29 is 19.1 Å². The van der Waals surface area contributed by atoms with Gasteiger partial charge in [-0.2, -0.15) is 0 Å². The first-order chi connectivity index (χ1) is 11.6. The van der Waals surface area contributed by atoms with Crippen LogP contribution in [0.15, 0.2) is 40.8 Å². The van der Waals surface area contributed by atoms with E-state index in [1.165, 1.54) is 6.07 Å². The number of ether oxygens (including phenoxy) is 1. The van der Waals surface area contributed by atoms with Crippen molar-refractivity contribution in [2.75, 3.05) is 12.8 Å². The molecule has 25 heavy (non-hydrogen) atoms. The summed E-state index contributed by atoms with van der Waals surface area (Å²) in [5.74, 6) is 0.512. The summed E-state index contributed by atoms with van der Waals surface area (Å²) >= 11 is 0. The van der Waals surface area contributed by atoms with Crippen molar-refractivity contribution in [1.82, 2.24) is 10.3 Å². The predicted octanol–water partition coefficient (Wildman–Crippen LogP) is 1.81. The van der Waals surface area contributed by atoms with Crippen LogP contribution in [0.1, 0.15) is 21.8 Å². The van der Waals surface area contributed by atoms with Crippen LogP contribution in [-0.4, -0.2) is 52.7 Å². The fraction of sp³-hybridized carbons (Fsp3) is 0.176. The zero-order valence-electron chi connectivity index (χ0n) is 14.1. The first-order valence-corrected chi connectivity index (χ1v) is 7.31. The number of nitrogen functional groups attached to an aromatic ring is 1. The molecule has 0 saturated carbocycles. The van der Waals surface area contributed by atoms with Crippen molar-refractivity contribution in [2.45, 2.75) is 13.2 Å². The van der Waals surface area contributed by atoms with Gasteiger partial charge in [-0.25, -0.2) is 4.98 Å². The van der Waals surface area contributed by atoms with Crippen molar-refractivity contribution in [1.29, 1.82) is 0 Å². The summed E-state index contributed by atoms with van der Waals surface area (Å²) < 4.78 is 10.6. The Morgan fingerprint density at radius 3 is 2.84 bits per heavy atom. The zero-order chi connectivity index (χ0) is 17.1. The number of pyridine rings is 1. The van der Waals surface area contributed by atoms with E-state index in [0.717, 1.165) is 5.39 Å². The molecule has 0 unspecified atom stereocenters. The van der Waals surface area contributed by atoms with Crippen LogP contribution >= 0.6 is 0 Å². The number of furan rings is 1. The van der Waals surface area contributed by atoms with Gasteiger partial charge in [-0.15, -0.1) is 0 Å². The third kappa shape index (κ3) is 4.52. The Labute approximate surface area is 166 Å². The van der Waals surface area contributed by atoms with Crippen LogP contribution in [0.5, 0.6) is 5.75 Å². The maximum absolute atomic E-state index is 12.2. The standard InChI is InChI=1S/C17H17N3O4.Na/c1-23-9-11-3-5-14(16(18)20-11)17(22)19-8-13-6-10-2-4-12(21)7-15(10)24-13;/h2-7,21H,8-9H2,1H3,(H2,18,20)(H,19,22);. The monoisotopic (exact) mass is 350 g/mol. The van der Waals surface area contributed by atoms with Crippen LogP contribution in [0.3, 0.4) is 0 Å². The minimum absolute atomic E-state index is 0. The predicted molar refractivity (Wildman–Crippen MR) is 94.2 cm³/mol. The van der Waals surface area contributed by atoms with Crippen LogP contribution in [0.4, 0.5) is 5.82 Å². The minimum Gasteiger partial charge on any atom is -0.508 e. The molecule has 2 heterocycles. The molecule has 0 aliphatic carbocycles. The van der Waals surface area contributed by atoms with Crippen LogP contribution in [-0.2, 0) is 17.9 Å². The number of nitrogens with zero attached hydrogens (tertiary/aromatic N) is 1. The summed E-state index contributed by atoms with van der Waals surface area (Å²) in [7, 11) is 1.56. The second-order valence-corrected chi connectivity index (χ2v) is 5.29. The van der Waals surface area contributed by atoms with Crippen LogP contribution in [0.2, 0.25) is 0 Å². The number of aromatic nitrogens is 1. The molecule has 4 N–H and O–H groups in total. The number of carbonyl (C=O) groups is 1. The molecular formula is C17H17N3NaO4. The van der Waals surface area contributed by atoms with Gasteiger partial charge >= 0.3 is 0 Å². The van der Waals surface area contributed by atoms with Gasteiger partial charge in [0.25, 0.3) is 5.91 Å². The van der Waals surface area contributed by atoms with E-state index in [1.807, 2.05) is 0 Å². The van der Waals surface area contributed by atoms with Gasteiger partial charge in [0.1, 0.15) is 22.9 Å². The molecule has 0 saturated heterocycles. The maximum Gasteiger partial charge on any atom is 0.255 e. The average Bonchev–Trinajstić information content (AvgIpc) is 2.95. The molecule has 0 atom stereocenters. The van der Waals surface area contributed by atoms with Gasteiger partial charge in [-0.05, 0) is 30.3 Å². The van der Waals surface area contributed by atoms with E-state index in [-0.39, 0.29) is 53.6 Å². The van der Waals surface area contributed by atoms with Crippen molar-refractivity contribution in [3.63, 3.8) is 0 Å². The smallest absolute Gasteiger partial charge is 0.255 e. The van der Waals surface area contributed by atoms with E-state index in [4.69, 9.17) is 14.9 Å². The molecule has 1 amide bonds. The summed E-state index contributed by atoms with van der Waals surface area (Å²) in [6, 6.07) is 9.96. The normalized spacial score (nSPS) is 10.4. The summed E-state index contributed by atoms with van der Waals surface area (Å²) in [5, 5.41) is 13.0. The molecular weight excluding hydrogens is 333 g/mol. The van der Waals surface area contributed by atoms with Crippen molar-refractivity contribution in [3.8, 4) is 5.75 Å². The van der Waals surface area contributed by atoms with Crippen LogP contribution < -0.4 is 11.1 Å². The Balaban J connectivity index is 0.00000225. The van der Waals surface area contributed by atoms with Gasteiger partial charge in [-0.3, -0.25) is 4.79 Å². The molecule has 125 valence electrons. The SMILES string of the molecule is COCc1ccc(C(=O)NCc2cc3ccc(O)cc3o2)c(N)n1.[Na]. The zero-order valence-corrected chi connectivity index (χ0v) is 16.1. The Morgan fingerprint density at radius 1 is 1.32 bits per heavy atom. The molecule has 7 nitrogen and oxygen atoms in total. The fourth-order valence-corrected chi connectivity index (χ4v) is 2.36. The van der Waals surface area contributed by atoms with Gasteiger partial charge in [0.05, 0.1) is 24.4 Å². The van der Waals surface area contributed by atoms with Gasteiger partial charge in [-0.1, -0.05) is 0 Å². The third-order valence-electron chi connectivity index (χ3n) is 3.50. The van der Waals surface area contributed by atoms with Crippen molar-refractivity contribution in [2.24, 2.45) is 0 Å². The van der Waals surface area contributed by atoms with Gasteiger partial charge in [0, 0.05) is 48.1 Å². The van der Waals surface area contributed by atoms with Crippen LogP contribution in [0, 0.1) is 0 Å². The molecule has 3 rings (SSSR count). The average molecular weight is 350 g/mol. The first kappa shape index (κ1) is 19.3. The number of methoxy groups -OCH3 is 1. The number of nitrogens with one attached hydrogen (secondary N) is 1. The molecule has 0 bridgehead atoms. The molecule has 3 aromatic rings. The molecule has 0 aliphatic rings. The van der Waals surface area contributed by atoms with Gasteiger partial charge in [0.15, 0.2) is 0 Å². The topological polar surface area (TPSA) is 111 Å². The van der Waals surface area contributed by atoms with E-state index >= 15 is 0 Å². The fourth-order valence-electron chi connectivity index (χ4n) is 2.36. The number of hydrogen-bond acceptors (Lipinski definition) is 6. The van der Waals surface area contributed by atoms with Crippen LogP contribution in [0.25, 0.3) is 11.0 Å². The number of rotatable bonds is 5. The van der Waals surface area contributed by atoms with E-state index < -0.39 is 0 Å². The quantitative estimate of drug-likeness (QED) is 0.605. The molecule has 1 radical (unpaired) electrons. The number of phenolic OH excluding ortho intramolecular Hbond substituents is 1. The minimum atomic E-state index is -0.340. The summed E-state index contributed by atoms with van der Waals surface area (Å²) in [6.07, 6.45) is 0. The maximum atomic E-state index is 12.2. The van der Waals surface area contributed by atoms with E-state index in [1.54, 1.807) is 37.4 Å². The number of carbonyl (C=O) groups excluding carboxylic acids is 1. The summed E-state index contributed by atoms with van der Waals surface area (Å²) in [4.78, 5) is 16.4. The third-order valence-corrected chi connectivity index (χ3v) is 3.50. The van der Waals surface area contributed by atoms with Crippen molar-refractivity contribution >= 4 is 52.3 Å². The van der Waals surface area contributed by atoms with E-state index in [2.05, 4.69) is 10.3 Å².